The van der Waals surface area contributed by atoms with Crippen molar-refractivity contribution in [2.75, 3.05) is 0 Å². The minimum Gasteiger partial charge on any atom is -0.616 e. The first-order chi connectivity index (χ1) is 3.39. The summed E-state index contributed by atoms with van der Waals surface area (Å²) in [6, 6.07) is 10.0. The first kappa shape index (κ1) is 14.4. The molecule has 0 saturated carbocycles. The van der Waals surface area contributed by atoms with Crippen LogP contribution in [0.2, 0.25) is 0 Å². The smallest absolute Gasteiger partial charge is 0.616 e. The first-order valence-corrected chi connectivity index (χ1v) is 2.11. The SMILES string of the molecule is [B-]c1cc[c-]cc1.[Rb+].[Rb+]. The maximum atomic E-state index is 5.34. The van der Waals surface area contributed by atoms with E-state index in [-0.39, 0.29) is 116 Å². The molecule has 0 nitrogen and oxygen atoms in total. The molecule has 1 rings (SSSR count). The van der Waals surface area contributed by atoms with E-state index in [9.17, 15) is 0 Å². The second-order valence-corrected chi connectivity index (χ2v) is 1.33. The zero-order valence-electron chi connectivity index (χ0n) is 5.89. The minimum atomic E-state index is 0. The van der Waals surface area contributed by atoms with Crippen molar-refractivity contribution in [1.82, 2.24) is 0 Å². The van der Waals surface area contributed by atoms with E-state index in [2.05, 4.69) is 6.07 Å². The average molecular weight is 258 g/mol. The molecule has 0 atom stereocenters. The summed E-state index contributed by atoms with van der Waals surface area (Å²) in [5.41, 5.74) is 0.791. The van der Waals surface area contributed by atoms with Gasteiger partial charge in [-0.15, -0.1) is 0 Å². The standard InChI is InChI=1S/C6H4B.2Rb/c7-6-4-2-1-3-5-6;;/h2-5H;;/q-2;2*+1. The van der Waals surface area contributed by atoms with Crippen LogP contribution >= 0.6 is 0 Å². The van der Waals surface area contributed by atoms with E-state index in [0.717, 1.165) is 5.46 Å². The van der Waals surface area contributed by atoms with Crippen molar-refractivity contribution >= 4 is 13.3 Å². The van der Waals surface area contributed by atoms with Crippen LogP contribution in [0.5, 0.6) is 0 Å². The van der Waals surface area contributed by atoms with E-state index in [1.807, 2.05) is 0 Å². The van der Waals surface area contributed by atoms with Crippen molar-refractivity contribution in [3.05, 3.63) is 30.3 Å². The van der Waals surface area contributed by atoms with Crippen LogP contribution in [0.3, 0.4) is 0 Å². The summed E-state index contributed by atoms with van der Waals surface area (Å²) in [6.07, 6.45) is 0. The van der Waals surface area contributed by atoms with Gasteiger partial charge in [-0.2, -0.15) is 18.2 Å². The molecular weight excluding hydrogens is 254 g/mol. The Kier molecular flexibility index (Phi) is 14.4. The second-order valence-electron chi connectivity index (χ2n) is 1.33. The van der Waals surface area contributed by atoms with Gasteiger partial charge in [0.15, 0.2) is 0 Å². The quantitative estimate of drug-likeness (QED) is 0.321. The van der Waals surface area contributed by atoms with Crippen molar-refractivity contribution in [2.24, 2.45) is 0 Å². The van der Waals surface area contributed by atoms with Crippen LogP contribution in [0, 0.1) is 6.07 Å². The zero-order chi connectivity index (χ0) is 5.11. The van der Waals surface area contributed by atoms with Crippen LogP contribution in [-0.2, 0) is 0 Å². The van der Waals surface area contributed by atoms with Crippen molar-refractivity contribution in [1.29, 1.82) is 0 Å². The van der Waals surface area contributed by atoms with Crippen molar-refractivity contribution in [2.45, 2.75) is 0 Å². The fourth-order valence-corrected chi connectivity index (χ4v) is 0.400. The molecule has 0 spiro atoms. The molecule has 0 aliphatic heterocycles. The second kappa shape index (κ2) is 8.99. The molecule has 0 fully saturated rings. The van der Waals surface area contributed by atoms with Gasteiger partial charge in [0, 0.05) is 0 Å². The fraction of sp³-hybridized carbons (Fsp3) is 0. The van der Waals surface area contributed by atoms with Crippen LogP contribution in [-0.4, -0.2) is 7.85 Å². The molecule has 3 radical (unpaired) electrons. The third-order valence-corrected chi connectivity index (χ3v) is 0.744. The van der Waals surface area contributed by atoms with Gasteiger partial charge in [0.25, 0.3) is 0 Å². The largest absolute Gasteiger partial charge is 1.00 e. The van der Waals surface area contributed by atoms with Gasteiger partial charge in [-0.1, -0.05) is 0 Å². The molecule has 0 N–H and O–H groups in total. The third kappa shape index (κ3) is 7.26. The Morgan fingerprint density at radius 2 is 1.56 bits per heavy atom. The Labute approximate surface area is 155 Å². The van der Waals surface area contributed by atoms with E-state index in [4.69, 9.17) is 7.85 Å². The summed E-state index contributed by atoms with van der Waals surface area (Å²) in [5.74, 6) is 0. The summed E-state index contributed by atoms with van der Waals surface area (Å²) in [6.45, 7) is 0. The van der Waals surface area contributed by atoms with Gasteiger partial charge >= 0.3 is 116 Å². The van der Waals surface area contributed by atoms with Crippen LogP contribution < -0.4 is 122 Å². The molecule has 9 heavy (non-hydrogen) atoms. The Balaban J connectivity index is 0. The van der Waals surface area contributed by atoms with Gasteiger partial charge in [0.05, 0.1) is 0 Å². The summed E-state index contributed by atoms with van der Waals surface area (Å²) in [4.78, 5) is 0. The summed E-state index contributed by atoms with van der Waals surface area (Å²) in [7, 11) is 5.34. The molecule has 0 unspecified atom stereocenters. The molecule has 0 aliphatic rings. The molecule has 0 bridgehead atoms. The maximum absolute atomic E-state index is 5.34. The molecule has 3 heteroatoms. The van der Waals surface area contributed by atoms with Gasteiger partial charge in [-0.25, -0.2) is 12.1 Å². The molecule has 33 valence electrons. The molecule has 0 heterocycles. The van der Waals surface area contributed by atoms with E-state index >= 15 is 0 Å². The number of hydrogen-bond donors (Lipinski definition) is 0. The monoisotopic (exact) mass is 257 g/mol. The van der Waals surface area contributed by atoms with Crippen molar-refractivity contribution in [3.63, 3.8) is 0 Å². The summed E-state index contributed by atoms with van der Waals surface area (Å²) >= 11 is 0. The molecule has 1 aromatic rings. The van der Waals surface area contributed by atoms with Gasteiger partial charge in [-0.05, 0) is 0 Å². The first-order valence-electron chi connectivity index (χ1n) is 2.11. The summed E-state index contributed by atoms with van der Waals surface area (Å²) < 4.78 is 0. The van der Waals surface area contributed by atoms with Crippen LogP contribution in [0.25, 0.3) is 0 Å². The van der Waals surface area contributed by atoms with Crippen molar-refractivity contribution in [3.8, 4) is 0 Å². The van der Waals surface area contributed by atoms with E-state index in [1.54, 1.807) is 24.3 Å². The average Bonchev–Trinajstić information content (AvgIpc) is 1.69. The molecule has 0 aromatic heterocycles. The number of rotatable bonds is 0. The number of hydrogen-bond acceptors (Lipinski definition) is 0. The Hall–Kier alpha value is 2.90. The predicted octanol–water partition coefficient (Wildman–Crippen LogP) is -5.71. The molecule has 0 amide bonds. The third-order valence-electron chi connectivity index (χ3n) is 0.744. The van der Waals surface area contributed by atoms with E-state index in [0.29, 0.717) is 0 Å². The van der Waals surface area contributed by atoms with Gasteiger partial charge in [0.2, 0.25) is 0 Å². The van der Waals surface area contributed by atoms with E-state index in [1.165, 1.54) is 0 Å². The van der Waals surface area contributed by atoms with E-state index < -0.39 is 0 Å². The van der Waals surface area contributed by atoms with Gasteiger partial charge < -0.3 is 13.3 Å². The number of benzene rings is 1. The minimum absolute atomic E-state index is 0. The van der Waals surface area contributed by atoms with Crippen LogP contribution in [0.4, 0.5) is 0 Å². The summed E-state index contributed by atoms with van der Waals surface area (Å²) in [5, 5.41) is 0. The molecule has 0 saturated heterocycles. The molecule has 0 aliphatic carbocycles. The fourth-order valence-electron chi connectivity index (χ4n) is 0.400. The van der Waals surface area contributed by atoms with Crippen LogP contribution in [0.1, 0.15) is 0 Å². The van der Waals surface area contributed by atoms with Gasteiger partial charge in [0.1, 0.15) is 0 Å². The van der Waals surface area contributed by atoms with Crippen LogP contribution in [0.15, 0.2) is 24.3 Å². The molecule has 1 aromatic carbocycles. The van der Waals surface area contributed by atoms with Crippen molar-refractivity contribution < 1.29 is 116 Å². The molecular formula is C6H4BRb2. The Bertz CT molecular complexity index is 141. The Morgan fingerprint density at radius 1 is 1.11 bits per heavy atom. The predicted molar refractivity (Wildman–Crippen MR) is 30.7 cm³/mol. The normalized spacial score (nSPS) is 6.78. The topological polar surface area (TPSA) is 0 Å². The Morgan fingerprint density at radius 3 is 1.78 bits per heavy atom. The maximum Gasteiger partial charge on any atom is 1.00 e. The van der Waals surface area contributed by atoms with Gasteiger partial charge in [-0.3, -0.25) is 0 Å². The zero-order valence-corrected chi connectivity index (χ0v) is 15.7.